The predicted molar refractivity (Wildman–Crippen MR) is 42.8 cm³/mol. The van der Waals surface area contributed by atoms with Gasteiger partial charge in [0.05, 0.1) is 5.54 Å². The highest BCUT2D eigenvalue weighted by Crippen LogP contribution is 2.40. The molecule has 0 aliphatic heterocycles. The third-order valence-corrected chi connectivity index (χ3v) is 1.68. The van der Waals surface area contributed by atoms with Gasteiger partial charge in [-0.2, -0.15) is 5.10 Å². The summed E-state index contributed by atoms with van der Waals surface area (Å²) in [6.45, 7) is 4.00. The first-order valence-electron chi connectivity index (χ1n) is 3.96. The highest BCUT2D eigenvalue weighted by molar-refractivity contribution is 5.12. The molecule has 1 aliphatic rings. The summed E-state index contributed by atoms with van der Waals surface area (Å²) in [5, 5.41) is 6.47. The van der Waals surface area contributed by atoms with Crippen molar-refractivity contribution < 1.29 is 0 Å². The van der Waals surface area contributed by atoms with E-state index in [1.807, 2.05) is 13.8 Å². The molecule has 4 heteroatoms. The summed E-state index contributed by atoms with van der Waals surface area (Å²) >= 11 is 0. The van der Waals surface area contributed by atoms with Gasteiger partial charge in [-0.1, -0.05) is 13.8 Å². The van der Waals surface area contributed by atoms with E-state index in [9.17, 15) is 0 Å². The largest absolute Gasteiger partial charge is 0.319 e. The molecule has 0 radical (unpaired) electrons. The Hall–Kier alpha value is -0.900. The highest BCUT2D eigenvalue weighted by atomic mass is 15.2. The van der Waals surface area contributed by atoms with Crippen LogP contribution >= 0.6 is 0 Å². The van der Waals surface area contributed by atoms with E-state index in [0.717, 1.165) is 18.7 Å². The van der Waals surface area contributed by atoms with E-state index < -0.39 is 0 Å². The van der Waals surface area contributed by atoms with Crippen molar-refractivity contribution in [1.29, 1.82) is 0 Å². The second-order valence-corrected chi connectivity index (χ2v) is 2.49. The van der Waals surface area contributed by atoms with Crippen LogP contribution in [0.15, 0.2) is 6.33 Å². The summed E-state index contributed by atoms with van der Waals surface area (Å²) in [6.07, 6.45) is 3.55. The molecule has 1 heterocycles. The number of nitrogens with two attached hydrogens (primary N) is 1. The molecule has 1 aliphatic carbocycles. The first-order valence-corrected chi connectivity index (χ1v) is 3.96. The van der Waals surface area contributed by atoms with Crippen LogP contribution in [0.4, 0.5) is 0 Å². The molecule has 1 saturated carbocycles. The van der Waals surface area contributed by atoms with Crippen LogP contribution in [-0.4, -0.2) is 15.2 Å². The summed E-state index contributed by atoms with van der Waals surface area (Å²) in [5.74, 6) is 0.822. The van der Waals surface area contributed by atoms with E-state index >= 15 is 0 Å². The van der Waals surface area contributed by atoms with Crippen molar-refractivity contribution >= 4 is 0 Å². The van der Waals surface area contributed by atoms with E-state index in [2.05, 4.69) is 15.2 Å². The molecule has 0 aromatic carbocycles. The second-order valence-electron chi connectivity index (χ2n) is 2.49. The summed E-state index contributed by atoms with van der Waals surface area (Å²) in [5.41, 5.74) is 5.62. The first-order chi connectivity index (χ1) is 5.31. The van der Waals surface area contributed by atoms with Crippen LogP contribution in [0.1, 0.15) is 32.5 Å². The topological polar surface area (TPSA) is 67.6 Å². The van der Waals surface area contributed by atoms with Crippen LogP contribution in [0.3, 0.4) is 0 Å². The zero-order chi connectivity index (χ0) is 8.32. The lowest BCUT2D eigenvalue weighted by Crippen LogP contribution is -2.20. The summed E-state index contributed by atoms with van der Waals surface area (Å²) in [7, 11) is 0. The van der Waals surface area contributed by atoms with E-state index in [1.54, 1.807) is 0 Å². The Kier molecular flexibility index (Phi) is 2.24. The number of rotatable bonds is 1. The van der Waals surface area contributed by atoms with Crippen LogP contribution in [0.25, 0.3) is 0 Å². The van der Waals surface area contributed by atoms with Gasteiger partial charge in [0.1, 0.15) is 12.2 Å². The Labute approximate surface area is 66.2 Å². The molecular weight excluding hydrogens is 140 g/mol. The van der Waals surface area contributed by atoms with Crippen LogP contribution < -0.4 is 5.73 Å². The molecule has 0 atom stereocenters. The maximum Gasteiger partial charge on any atom is 0.144 e. The minimum absolute atomic E-state index is 0.156. The molecule has 0 bridgehead atoms. The Morgan fingerprint density at radius 3 is 2.55 bits per heavy atom. The van der Waals surface area contributed by atoms with Crippen molar-refractivity contribution in [3.8, 4) is 0 Å². The molecule has 11 heavy (non-hydrogen) atoms. The van der Waals surface area contributed by atoms with E-state index in [0.29, 0.717) is 0 Å². The fourth-order valence-electron chi connectivity index (χ4n) is 0.817. The van der Waals surface area contributed by atoms with Gasteiger partial charge < -0.3 is 5.73 Å². The summed E-state index contributed by atoms with van der Waals surface area (Å²) < 4.78 is 0. The third kappa shape index (κ3) is 1.57. The van der Waals surface area contributed by atoms with E-state index in [-0.39, 0.29) is 5.54 Å². The second kappa shape index (κ2) is 3.00. The molecule has 0 saturated heterocycles. The molecular formula is C7H14N4. The van der Waals surface area contributed by atoms with Crippen molar-refractivity contribution in [2.45, 2.75) is 32.2 Å². The number of aromatic nitrogens is 3. The Bertz CT molecular complexity index is 200. The zero-order valence-electron chi connectivity index (χ0n) is 6.96. The number of aromatic amines is 1. The lowest BCUT2D eigenvalue weighted by atomic mass is 10.3. The lowest BCUT2D eigenvalue weighted by Gasteiger charge is -1.99. The number of H-pyrrole nitrogens is 1. The minimum atomic E-state index is -0.156. The Balaban J connectivity index is 0.000000281. The number of nitrogens with one attached hydrogen (secondary N) is 1. The Morgan fingerprint density at radius 2 is 2.18 bits per heavy atom. The van der Waals surface area contributed by atoms with Crippen LogP contribution in [0.5, 0.6) is 0 Å². The smallest absolute Gasteiger partial charge is 0.144 e. The summed E-state index contributed by atoms with van der Waals surface area (Å²) in [4.78, 5) is 3.96. The molecule has 0 unspecified atom stereocenters. The third-order valence-electron chi connectivity index (χ3n) is 1.68. The average Bonchev–Trinajstić information content (AvgIpc) is 2.59. The van der Waals surface area contributed by atoms with Gasteiger partial charge in [-0.3, -0.25) is 5.10 Å². The predicted octanol–water partition coefficient (Wildman–Crippen LogP) is 0.779. The van der Waals surface area contributed by atoms with Gasteiger partial charge in [-0.15, -0.1) is 0 Å². The van der Waals surface area contributed by atoms with E-state index in [4.69, 9.17) is 5.73 Å². The molecule has 1 aromatic rings. The lowest BCUT2D eigenvalue weighted by molar-refractivity contribution is 0.677. The maximum absolute atomic E-state index is 5.78. The van der Waals surface area contributed by atoms with E-state index in [1.165, 1.54) is 6.33 Å². The molecule has 1 fully saturated rings. The fourth-order valence-corrected chi connectivity index (χ4v) is 0.817. The average molecular weight is 154 g/mol. The molecule has 2 rings (SSSR count). The highest BCUT2D eigenvalue weighted by Gasteiger charge is 2.42. The van der Waals surface area contributed by atoms with Gasteiger partial charge in [0.2, 0.25) is 0 Å². The van der Waals surface area contributed by atoms with Crippen LogP contribution in [-0.2, 0) is 5.54 Å². The SMILES string of the molecule is CC.NC1(c2ncn[nH]2)CC1. The maximum atomic E-state index is 5.78. The van der Waals surface area contributed by atoms with Crippen molar-refractivity contribution in [2.24, 2.45) is 5.73 Å². The van der Waals surface area contributed by atoms with Gasteiger partial charge >= 0.3 is 0 Å². The van der Waals surface area contributed by atoms with Gasteiger partial charge in [0.25, 0.3) is 0 Å². The molecule has 0 spiro atoms. The number of hydrogen-bond donors (Lipinski definition) is 2. The van der Waals surface area contributed by atoms with Gasteiger partial charge in [-0.25, -0.2) is 4.98 Å². The minimum Gasteiger partial charge on any atom is -0.319 e. The van der Waals surface area contributed by atoms with Gasteiger partial charge in [0.15, 0.2) is 0 Å². The van der Waals surface area contributed by atoms with Gasteiger partial charge in [0, 0.05) is 0 Å². The number of hydrogen-bond acceptors (Lipinski definition) is 3. The van der Waals surface area contributed by atoms with Crippen molar-refractivity contribution in [3.05, 3.63) is 12.2 Å². The summed E-state index contributed by atoms with van der Waals surface area (Å²) in [6, 6.07) is 0. The zero-order valence-corrected chi connectivity index (χ0v) is 6.96. The quantitative estimate of drug-likeness (QED) is 0.628. The molecule has 3 N–H and O–H groups in total. The number of nitrogens with zero attached hydrogens (tertiary/aromatic N) is 2. The van der Waals surface area contributed by atoms with Crippen molar-refractivity contribution in [3.63, 3.8) is 0 Å². The van der Waals surface area contributed by atoms with Crippen molar-refractivity contribution in [2.75, 3.05) is 0 Å². The molecule has 1 aromatic heterocycles. The van der Waals surface area contributed by atoms with Crippen LogP contribution in [0, 0.1) is 0 Å². The van der Waals surface area contributed by atoms with Crippen molar-refractivity contribution in [1.82, 2.24) is 15.2 Å². The first kappa shape index (κ1) is 8.20. The van der Waals surface area contributed by atoms with Crippen LogP contribution in [0.2, 0.25) is 0 Å². The van der Waals surface area contributed by atoms with Gasteiger partial charge in [-0.05, 0) is 12.8 Å². The monoisotopic (exact) mass is 154 g/mol. The Morgan fingerprint density at radius 1 is 1.55 bits per heavy atom. The fraction of sp³-hybridized carbons (Fsp3) is 0.714. The standard InChI is InChI=1S/C5H8N4.C2H6/c6-5(1-2-5)4-7-3-8-9-4;1-2/h3H,1-2,6H2,(H,7,8,9);1-2H3. The normalized spacial score (nSPS) is 18.5. The molecule has 0 amide bonds. The molecule has 4 nitrogen and oxygen atoms in total. The molecule has 62 valence electrons.